The molecule has 1 aromatic carbocycles. The molecule has 0 radical (unpaired) electrons. The van der Waals surface area contributed by atoms with E-state index in [-0.39, 0.29) is 12.4 Å². The van der Waals surface area contributed by atoms with Crippen LogP contribution in [0.2, 0.25) is 0 Å². The third-order valence-electron chi connectivity index (χ3n) is 3.30. The summed E-state index contributed by atoms with van der Waals surface area (Å²) in [4.78, 5) is 0. The molecule has 0 spiro atoms. The zero-order valence-electron chi connectivity index (χ0n) is 11.6. The lowest BCUT2D eigenvalue weighted by Gasteiger charge is -2.13. The number of aromatic nitrogens is 2. The lowest BCUT2D eigenvalue weighted by atomic mass is 10.1. The molecule has 0 saturated heterocycles. The Morgan fingerprint density at radius 3 is 2.95 bits per heavy atom. The predicted molar refractivity (Wildman–Crippen MR) is 76.6 cm³/mol. The number of hydrogen-bond donors (Lipinski definition) is 3. The summed E-state index contributed by atoms with van der Waals surface area (Å²) >= 11 is 0. The predicted octanol–water partition coefficient (Wildman–Crippen LogP) is 2.47. The molecule has 5 heteroatoms. The van der Waals surface area contributed by atoms with Crippen LogP contribution in [0.15, 0.2) is 30.5 Å². The minimum Gasteiger partial charge on any atom is -0.396 e. The fourth-order valence-corrected chi connectivity index (χ4v) is 2.13. The van der Waals surface area contributed by atoms with Crippen LogP contribution < -0.4 is 5.32 Å². The number of benzene rings is 1. The van der Waals surface area contributed by atoms with Gasteiger partial charge in [0.15, 0.2) is 0 Å². The van der Waals surface area contributed by atoms with Crippen molar-refractivity contribution in [2.45, 2.75) is 32.4 Å². The average Bonchev–Trinajstić information content (AvgIpc) is 2.91. The van der Waals surface area contributed by atoms with Crippen molar-refractivity contribution in [3.8, 4) is 11.3 Å². The molecule has 2 aromatic rings. The monoisotopic (exact) mass is 277 g/mol. The Kier molecular flexibility index (Phi) is 5.26. The fraction of sp³-hybridized carbons (Fsp3) is 0.400. The Bertz CT molecular complexity index is 541. The SMILES string of the molecule is CC(CCCO)NCc1cn[nH]c1-c1ccccc1F. The third-order valence-corrected chi connectivity index (χ3v) is 3.30. The molecule has 0 aliphatic carbocycles. The summed E-state index contributed by atoms with van der Waals surface area (Å²) in [6, 6.07) is 6.95. The van der Waals surface area contributed by atoms with Gasteiger partial charge in [0.25, 0.3) is 0 Å². The van der Waals surface area contributed by atoms with Crippen LogP contribution in [0.1, 0.15) is 25.3 Å². The van der Waals surface area contributed by atoms with Gasteiger partial charge in [0.1, 0.15) is 5.82 Å². The first-order valence-corrected chi connectivity index (χ1v) is 6.83. The Morgan fingerprint density at radius 1 is 1.40 bits per heavy atom. The van der Waals surface area contributed by atoms with Crippen molar-refractivity contribution in [1.29, 1.82) is 0 Å². The maximum absolute atomic E-state index is 13.8. The lowest BCUT2D eigenvalue weighted by Crippen LogP contribution is -2.25. The number of H-pyrrole nitrogens is 1. The van der Waals surface area contributed by atoms with Crippen LogP contribution in [0.3, 0.4) is 0 Å². The molecule has 1 aromatic heterocycles. The van der Waals surface area contributed by atoms with Gasteiger partial charge in [-0.3, -0.25) is 5.10 Å². The van der Waals surface area contributed by atoms with Crippen LogP contribution in [0.5, 0.6) is 0 Å². The summed E-state index contributed by atoms with van der Waals surface area (Å²) in [6.07, 6.45) is 3.40. The molecule has 20 heavy (non-hydrogen) atoms. The molecule has 1 atom stereocenters. The summed E-state index contributed by atoms with van der Waals surface area (Å²) < 4.78 is 13.8. The largest absolute Gasteiger partial charge is 0.396 e. The van der Waals surface area contributed by atoms with Gasteiger partial charge in [0, 0.05) is 30.3 Å². The van der Waals surface area contributed by atoms with Gasteiger partial charge < -0.3 is 10.4 Å². The Labute approximate surface area is 118 Å². The zero-order chi connectivity index (χ0) is 14.4. The van der Waals surface area contributed by atoms with Gasteiger partial charge in [0.05, 0.1) is 11.9 Å². The zero-order valence-corrected chi connectivity index (χ0v) is 11.6. The van der Waals surface area contributed by atoms with Gasteiger partial charge in [-0.25, -0.2) is 4.39 Å². The number of rotatable bonds is 7. The normalized spacial score (nSPS) is 12.6. The number of hydrogen-bond acceptors (Lipinski definition) is 3. The molecule has 0 aliphatic rings. The van der Waals surface area contributed by atoms with Crippen LogP contribution in [0.25, 0.3) is 11.3 Å². The first-order valence-electron chi connectivity index (χ1n) is 6.83. The van der Waals surface area contributed by atoms with Gasteiger partial charge in [-0.15, -0.1) is 0 Å². The molecule has 0 fully saturated rings. The Hall–Kier alpha value is -1.72. The van der Waals surface area contributed by atoms with E-state index in [9.17, 15) is 4.39 Å². The van der Waals surface area contributed by atoms with Crippen molar-refractivity contribution in [1.82, 2.24) is 15.5 Å². The molecule has 0 saturated carbocycles. The molecular formula is C15H20FN3O. The topological polar surface area (TPSA) is 60.9 Å². The molecule has 2 rings (SSSR count). The van der Waals surface area contributed by atoms with Crippen molar-refractivity contribution in [3.63, 3.8) is 0 Å². The maximum Gasteiger partial charge on any atom is 0.132 e. The van der Waals surface area contributed by atoms with E-state index in [1.165, 1.54) is 6.07 Å². The molecule has 0 aliphatic heterocycles. The van der Waals surface area contributed by atoms with Crippen LogP contribution in [-0.2, 0) is 6.54 Å². The highest BCUT2D eigenvalue weighted by molar-refractivity contribution is 5.63. The maximum atomic E-state index is 13.8. The smallest absolute Gasteiger partial charge is 0.132 e. The van der Waals surface area contributed by atoms with Gasteiger partial charge in [0.2, 0.25) is 0 Å². The minimum atomic E-state index is -0.258. The van der Waals surface area contributed by atoms with Crippen LogP contribution >= 0.6 is 0 Å². The highest BCUT2D eigenvalue weighted by atomic mass is 19.1. The Morgan fingerprint density at radius 2 is 2.20 bits per heavy atom. The summed E-state index contributed by atoms with van der Waals surface area (Å²) in [7, 11) is 0. The fourth-order valence-electron chi connectivity index (χ4n) is 2.13. The summed E-state index contributed by atoms with van der Waals surface area (Å²) in [5.41, 5.74) is 2.18. The molecule has 108 valence electrons. The van der Waals surface area contributed by atoms with Crippen LogP contribution in [-0.4, -0.2) is 28.0 Å². The Balaban J connectivity index is 2.04. The van der Waals surface area contributed by atoms with E-state index in [4.69, 9.17) is 5.11 Å². The highest BCUT2D eigenvalue weighted by Gasteiger charge is 2.12. The number of nitrogens with one attached hydrogen (secondary N) is 2. The van der Waals surface area contributed by atoms with Crippen molar-refractivity contribution >= 4 is 0 Å². The van der Waals surface area contributed by atoms with E-state index >= 15 is 0 Å². The van der Waals surface area contributed by atoms with Crippen molar-refractivity contribution < 1.29 is 9.50 Å². The first-order chi connectivity index (χ1) is 9.72. The van der Waals surface area contributed by atoms with E-state index in [2.05, 4.69) is 22.4 Å². The molecule has 0 bridgehead atoms. The van der Waals surface area contributed by atoms with Crippen molar-refractivity contribution in [2.24, 2.45) is 0 Å². The number of nitrogens with zero attached hydrogens (tertiary/aromatic N) is 1. The van der Waals surface area contributed by atoms with E-state index in [1.807, 2.05) is 0 Å². The summed E-state index contributed by atoms with van der Waals surface area (Å²) in [5.74, 6) is -0.258. The summed E-state index contributed by atoms with van der Waals surface area (Å²) in [6.45, 7) is 2.89. The number of aliphatic hydroxyl groups excluding tert-OH is 1. The van der Waals surface area contributed by atoms with E-state index in [0.717, 1.165) is 18.4 Å². The van der Waals surface area contributed by atoms with Gasteiger partial charge >= 0.3 is 0 Å². The first kappa shape index (κ1) is 14.7. The van der Waals surface area contributed by atoms with Crippen molar-refractivity contribution in [2.75, 3.05) is 6.61 Å². The van der Waals surface area contributed by atoms with Gasteiger partial charge in [-0.05, 0) is 31.9 Å². The van der Waals surface area contributed by atoms with E-state index in [0.29, 0.717) is 23.8 Å². The molecule has 3 N–H and O–H groups in total. The third kappa shape index (κ3) is 3.65. The van der Waals surface area contributed by atoms with Crippen LogP contribution in [0.4, 0.5) is 4.39 Å². The standard InChI is InChI=1S/C15H20FN3O/c1-11(5-4-8-20)17-9-12-10-18-19-15(12)13-6-2-3-7-14(13)16/h2-3,6-7,10-11,17,20H,4-5,8-9H2,1H3,(H,18,19). The second kappa shape index (κ2) is 7.17. The lowest BCUT2D eigenvalue weighted by molar-refractivity contribution is 0.276. The molecule has 1 heterocycles. The van der Waals surface area contributed by atoms with E-state index < -0.39 is 0 Å². The van der Waals surface area contributed by atoms with Gasteiger partial charge in [-0.2, -0.15) is 5.10 Å². The summed E-state index contributed by atoms with van der Waals surface area (Å²) in [5, 5.41) is 19.0. The van der Waals surface area contributed by atoms with Crippen LogP contribution in [0, 0.1) is 5.82 Å². The minimum absolute atomic E-state index is 0.207. The second-order valence-corrected chi connectivity index (χ2v) is 4.90. The quantitative estimate of drug-likeness (QED) is 0.728. The van der Waals surface area contributed by atoms with Gasteiger partial charge in [-0.1, -0.05) is 12.1 Å². The number of aliphatic hydroxyl groups is 1. The second-order valence-electron chi connectivity index (χ2n) is 4.90. The molecular weight excluding hydrogens is 257 g/mol. The van der Waals surface area contributed by atoms with Crippen molar-refractivity contribution in [3.05, 3.63) is 41.8 Å². The van der Waals surface area contributed by atoms with E-state index in [1.54, 1.807) is 24.4 Å². The molecule has 1 unspecified atom stereocenters. The number of aromatic amines is 1. The molecule has 0 amide bonds. The average molecular weight is 277 g/mol. The highest BCUT2D eigenvalue weighted by Crippen LogP contribution is 2.23. The molecule has 4 nitrogen and oxygen atoms in total. The number of halogens is 1.